The molecule has 2 heterocycles. The van der Waals surface area contributed by atoms with Crippen LogP contribution in [0.15, 0.2) is 55.2 Å². The average Bonchev–Trinajstić information content (AvgIpc) is 3.15. The molecule has 3 aromatic rings. The molecular formula is C17H16FN5O2. The molecule has 0 aliphatic heterocycles. The van der Waals surface area contributed by atoms with Crippen molar-refractivity contribution >= 4 is 5.91 Å². The number of benzene rings is 1. The lowest BCUT2D eigenvalue weighted by atomic mass is 10.2. The number of ether oxygens (including phenoxy) is 1. The molecule has 8 heteroatoms. The summed E-state index contributed by atoms with van der Waals surface area (Å²) >= 11 is 0. The highest BCUT2D eigenvalue weighted by Crippen LogP contribution is 2.23. The topological polar surface area (TPSA) is 81.9 Å². The Bertz CT molecular complexity index is 854. The summed E-state index contributed by atoms with van der Waals surface area (Å²) in [6, 6.07) is 8.80. The van der Waals surface area contributed by atoms with Crippen LogP contribution < -0.4 is 10.1 Å². The van der Waals surface area contributed by atoms with Crippen molar-refractivity contribution in [2.75, 3.05) is 0 Å². The summed E-state index contributed by atoms with van der Waals surface area (Å²) in [5.41, 5.74) is 0.672. The zero-order valence-electron chi connectivity index (χ0n) is 13.5. The van der Waals surface area contributed by atoms with Crippen LogP contribution in [0.2, 0.25) is 0 Å². The van der Waals surface area contributed by atoms with Crippen molar-refractivity contribution in [3.63, 3.8) is 0 Å². The maximum absolute atomic E-state index is 13.3. The molecule has 1 unspecified atom stereocenters. The van der Waals surface area contributed by atoms with Gasteiger partial charge < -0.3 is 10.1 Å². The van der Waals surface area contributed by atoms with E-state index in [0.29, 0.717) is 17.2 Å². The minimum atomic E-state index is -0.494. The third kappa shape index (κ3) is 4.17. The number of carbonyl (C=O) groups excluding carboxylic acids is 1. The van der Waals surface area contributed by atoms with Gasteiger partial charge in [0.15, 0.2) is 0 Å². The highest BCUT2D eigenvalue weighted by atomic mass is 19.1. The van der Waals surface area contributed by atoms with Crippen LogP contribution in [-0.2, 0) is 11.3 Å². The maximum Gasteiger partial charge on any atom is 0.244 e. The molecule has 0 saturated carbocycles. The molecule has 25 heavy (non-hydrogen) atoms. The zero-order valence-corrected chi connectivity index (χ0v) is 13.5. The van der Waals surface area contributed by atoms with E-state index in [4.69, 9.17) is 4.74 Å². The monoisotopic (exact) mass is 341 g/mol. The summed E-state index contributed by atoms with van der Waals surface area (Å²) in [6.45, 7) is 1.94. The first-order chi connectivity index (χ1) is 12.1. The van der Waals surface area contributed by atoms with E-state index in [2.05, 4.69) is 20.4 Å². The first kappa shape index (κ1) is 16.6. The van der Waals surface area contributed by atoms with Crippen LogP contribution in [0.25, 0.3) is 0 Å². The van der Waals surface area contributed by atoms with Gasteiger partial charge in [-0.25, -0.2) is 19.0 Å². The molecule has 0 spiro atoms. The Morgan fingerprint density at radius 3 is 3.00 bits per heavy atom. The predicted octanol–water partition coefficient (Wildman–Crippen LogP) is 2.48. The van der Waals surface area contributed by atoms with Crippen LogP contribution >= 0.6 is 0 Å². The zero-order chi connectivity index (χ0) is 17.6. The summed E-state index contributed by atoms with van der Waals surface area (Å²) in [5, 5.41) is 6.75. The van der Waals surface area contributed by atoms with Crippen molar-refractivity contribution in [3.05, 3.63) is 66.6 Å². The van der Waals surface area contributed by atoms with Gasteiger partial charge in [-0.15, -0.1) is 0 Å². The Morgan fingerprint density at radius 2 is 2.24 bits per heavy atom. The molecule has 0 fully saturated rings. The van der Waals surface area contributed by atoms with Crippen LogP contribution in [-0.4, -0.2) is 25.7 Å². The van der Waals surface area contributed by atoms with E-state index in [-0.39, 0.29) is 12.5 Å². The summed E-state index contributed by atoms with van der Waals surface area (Å²) in [7, 11) is 0. The van der Waals surface area contributed by atoms with Crippen LogP contribution in [0.5, 0.6) is 11.6 Å². The number of aromatic nitrogens is 4. The lowest BCUT2D eigenvalue weighted by Gasteiger charge is -2.14. The summed E-state index contributed by atoms with van der Waals surface area (Å²) in [6.07, 6.45) is 4.42. The fourth-order valence-electron chi connectivity index (χ4n) is 2.16. The number of halogens is 1. The first-order valence-electron chi connectivity index (χ1n) is 7.62. The Morgan fingerprint density at radius 1 is 1.36 bits per heavy atom. The number of nitrogens with zero attached hydrogens (tertiary/aromatic N) is 4. The van der Waals surface area contributed by atoms with Gasteiger partial charge in [-0.05, 0) is 25.1 Å². The molecule has 2 aromatic heterocycles. The highest BCUT2D eigenvalue weighted by Gasteiger charge is 2.16. The van der Waals surface area contributed by atoms with Gasteiger partial charge in [0.05, 0.1) is 0 Å². The Labute approximate surface area is 143 Å². The Balaban J connectivity index is 1.68. The van der Waals surface area contributed by atoms with Crippen molar-refractivity contribution in [1.29, 1.82) is 0 Å². The second-order valence-electron chi connectivity index (χ2n) is 5.30. The van der Waals surface area contributed by atoms with Gasteiger partial charge in [-0.1, -0.05) is 12.1 Å². The Hall–Kier alpha value is -3.29. The quantitative estimate of drug-likeness (QED) is 0.745. The van der Waals surface area contributed by atoms with Crippen molar-refractivity contribution in [1.82, 2.24) is 25.1 Å². The molecule has 1 atom stereocenters. The van der Waals surface area contributed by atoms with Gasteiger partial charge in [0.2, 0.25) is 11.8 Å². The van der Waals surface area contributed by atoms with Crippen LogP contribution in [0.3, 0.4) is 0 Å². The van der Waals surface area contributed by atoms with E-state index in [0.717, 1.165) is 0 Å². The molecule has 0 saturated heterocycles. The fourth-order valence-corrected chi connectivity index (χ4v) is 2.16. The largest absolute Gasteiger partial charge is 0.439 e. The molecule has 7 nitrogen and oxygen atoms in total. The SMILES string of the molecule is CC(C(=O)NCc1cccnc1Oc1cccc(F)c1)n1cncn1. The van der Waals surface area contributed by atoms with Crippen molar-refractivity contribution < 1.29 is 13.9 Å². The van der Waals surface area contributed by atoms with Gasteiger partial charge >= 0.3 is 0 Å². The number of hydrogen-bond acceptors (Lipinski definition) is 5. The summed E-state index contributed by atoms with van der Waals surface area (Å²) in [5.74, 6) is 0.0278. The van der Waals surface area contributed by atoms with Crippen LogP contribution in [0, 0.1) is 5.82 Å². The molecule has 1 aromatic carbocycles. The molecule has 0 aliphatic rings. The number of pyridine rings is 1. The minimum absolute atomic E-state index is 0.217. The minimum Gasteiger partial charge on any atom is -0.439 e. The molecule has 1 amide bonds. The third-order valence-corrected chi connectivity index (χ3v) is 3.53. The summed E-state index contributed by atoms with van der Waals surface area (Å²) < 4.78 is 20.4. The molecular weight excluding hydrogens is 325 g/mol. The van der Waals surface area contributed by atoms with Crippen LogP contribution in [0.1, 0.15) is 18.5 Å². The molecule has 3 rings (SSSR count). The molecule has 128 valence electrons. The van der Waals surface area contributed by atoms with Crippen molar-refractivity contribution in [2.24, 2.45) is 0 Å². The van der Waals surface area contributed by atoms with E-state index >= 15 is 0 Å². The molecule has 1 N–H and O–H groups in total. The second kappa shape index (κ2) is 7.52. The van der Waals surface area contributed by atoms with Gasteiger partial charge in [0.1, 0.15) is 30.3 Å². The predicted molar refractivity (Wildman–Crippen MR) is 87.3 cm³/mol. The number of amides is 1. The average molecular weight is 341 g/mol. The van der Waals surface area contributed by atoms with E-state index < -0.39 is 11.9 Å². The smallest absolute Gasteiger partial charge is 0.244 e. The maximum atomic E-state index is 13.3. The van der Waals surface area contributed by atoms with E-state index in [9.17, 15) is 9.18 Å². The lowest BCUT2D eigenvalue weighted by Crippen LogP contribution is -2.31. The number of hydrogen-bond donors (Lipinski definition) is 1. The highest BCUT2D eigenvalue weighted by molar-refractivity contribution is 5.79. The first-order valence-corrected chi connectivity index (χ1v) is 7.62. The standard InChI is InChI=1S/C17H16FN5O2/c1-12(23-11-19-10-22-23)16(24)21-9-13-4-3-7-20-17(13)25-15-6-2-5-14(18)8-15/h2-8,10-12H,9H2,1H3,(H,21,24). The van der Waals surface area contributed by atoms with E-state index in [1.807, 2.05) is 0 Å². The molecule has 0 radical (unpaired) electrons. The third-order valence-electron chi connectivity index (χ3n) is 3.53. The Kier molecular flexibility index (Phi) is 4.98. The van der Waals surface area contributed by atoms with E-state index in [1.165, 1.54) is 29.5 Å². The van der Waals surface area contributed by atoms with Gasteiger partial charge in [-0.2, -0.15) is 5.10 Å². The lowest BCUT2D eigenvalue weighted by molar-refractivity contribution is -0.124. The van der Waals surface area contributed by atoms with Crippen molar-refractivity contribution in [3.8, 4) is 11.6 Å². The number of rotatable bonds is 6. The van der Waals surface area contributed by atoms with Crippen molar-refractivity contribution in [2.45, 2.75) is 19.5 Å². The van der Waals surface area contributed by atoms with Crippen LogP contribution in [0.4, 0.5) is 4.39 Å². The normalized spacial score (nSPS) is 11.8. The second-order valence-corrected chi connectivity index (χ2v) is 5.30. The molecule has 0 aliphatic carbocycles. The fraction of sp³-hybridized carbons (Fsp3) is 0.176. The van der Waals surface area contributed by atoms with Gasteiger partial charge in [-0.3, -0.25) is 4.79 Å². The van der Waals surface area contributed by atoms with E-state index in [1.54, 1.807) is 37.4 Å². The number of nitrogens with one attached hydrogen (secondary N) is 1. The van der Waals surface area contributed by atoms with Gasteiger partial charge in [0.25, 0.3) is 0 Å². The summed E-state index contributed by atoms with van der Waals surface area (Å²) in [4.78, 5) is 20.2. The molecule has 0 bridgehead atoms. The number of carbonyl (C=O) groups is 1. The van der Waals surface area contributed by atoms with Gasteiger partial charge in [0, 0.05) is 24.4 Å².